The summed E-state index contributed by atoms with van der Waals surface area (Å²) in [6.07, 6.45) is 2.62. The highest BCUT2D eigenvalue weighted by molar-refractivity contribution is 14.0. The van der Waals surface area contributed by atoms with Crippen molar-refractivity contribution in [3.63, 3.8) is 0 Å². The van der Waals surface area contributed by atoms with Gasteiger partial charge in [-0.15, -0.1) is 24.0 Å². The van der Waals surface area contributed by atoms with Crippen LogP contribution in [0.25, 0.3) is 0 Å². The van der Waals surface area contributed by atoms with Crippen molar-refractivity contribution in [2.75, 3.05) is 32.0 Å². The Hall–Kier alpha value is -0.470. The van der Waals surface area contributed by atoms with Gasteiger partial charge in [-0.05, 0) is 12.5 Å². The fourth-order valence-corrected chi connectivity index (χ4v) is 1.82. The average Bonchev–Trinajstić information content (AvgIpc) is 2.40. The fourth-order valence-electron chi connectivity index (χ4n) is 1.37. The average molecular weight is 432 g/mol. The highest BCUT2D eigenvalue weighted by Crippen LogP contribution is 2.21. The van der Waals surface area contributed by atoms with Crippen molar-refractivity contribution in [3.05, 3.63) is 22.3 Å². The van der Waals surface area contributed by atoms with Gasteiger partial charge in [0.2, 0.25) is 0 Å². The number of nitrogens with one attached hydrogen (secondary N) is 3. The second kappa shape index (κ2) is 11.2. The maximum Gasteiger partial charge on any atom is 0.191 e. The third-order valence-electron chi connectivity index (χ3n) is 2.28. The number of anilines is 1. The predicted octanol–water partition coefficient (Wildman–Crippen LogP) is 2.99. The van der Waals surface area contributed by atoms with Gasteiger partial charge in [-0.2, -0.15) is 0 Å². The summed E-state index contributed by atoms with van der Waals surface area (Å²) in [7, 11) is 1.75. The number of pyridine rings is 1. The summed E-state index contributed by atoms with van der Waals surface area (Å²) in [5, 5.41) is 10.5. The van der Waals surface area contributed by atoms with E-state index < -0.39 is 0 Å². The zero-order valence-corrected chi connectivity index (χ0v) is 15.4. The molecular weight excluding hydrogens is 412 g/mol. The molecule has 0 saturated carbocycles. The first-order valence-corrected chi connectivity index (χ1v) is 6.92. The van der Waals surface area contributed by atoms with E-state index in [-0.39, 0.29) is 24.0 Å². The summed E-state index contributed by atoms with van der Waals surface area (Å²) >= 11 is 11.8. The third-order valence-corrected chi connectivity index (χ3v) is 2.78. The maximum absolute atomic E-state index is 6.00. The second-order valence-corrected chi connectivity index (χ2v) is 4.68. The van der Waals surface area contributed by atoms with Gasteiger partial charge >= 0.3 is 0 Å². The number of hydrogen-bond acceptors (Lipinski definition) is 3. The minimum atomic E-state index is 0. The molecule has 0 fully saturated rings. The molecule has 1 aromatic heterocycles. The number of hydrogen-bond donors (Lipinski definition) is 3. The highest BCUT2D eigenvalue weighted by atomic mass is 127. The van der Waals surface area contributed by atoms with Crippen molar-refractivity contribution < 1.29 is 0 Å². The molecule has 1 rings (SSSR count). The van der Waals surface area contributed by atoms with E-state index in [4.69, 9.17) is 23.2 Å². The van der Waals surface area contributed by atoms with E-state index in [2.05, 4.69) is 32.9 Å². The molecule has 5 nitrogen and oxygen atoms in total. The summed E-state index contributed by atoms with van der Waals surface area (Å²) in [5.41, 5.74) is 0. The lowest BCUT2D eigenvalue weighted by atomic mass is 10.4. The van der Waals surface area contributed by atoms with Gasteiger partial charge in [-0.3, -0.25) is 4.99 Å². The Morgan fingerprint density at radius 2 is 1.95 bits per heavy atom. The van der Waals surface area contributed by atoms with Gasteiger partial charge in [0, 0.05) is 32.9 Å². The maximum atomic E-state index is 6.00. The summed E-state index contributed by atoms with van der Waals surface area (Å²) < 4.78 is 0. The van der Waals surface area contributed by atoms with E-state index in [0.717, 1.165) is 18.9 Å². The molecule has 8 heteroatoms. The summed E-state index contributed by atoms with van der Waals surface area (Å²) in [6.45, 7) is 4.40. The van der Waals surface area contributed by atoms with E-state index >= 15 is 0 Å². The van der Waals surface area contributed by atoms with Crippen molar-refractivity contribution >= 4 is 59.0 Å². The molecule has 0 atom stereocenters. The molecule has 0 aromatic carbocycles. The Bertz CT molecular complexity index is 428. The quantitative estimate of drug-likeness (QED) is 0.280. The zero-order chi connectivity index (χ0) is 14.1. The Morgan fingerprint density at radius 3 is 2.55 bits per heavy atom. The largest absolute Gasteiger partial charge is 0.367 e. The minimum Gasteiger partial charge on any atom is -0.367 e. The fraction of sp³-hybridized carbons (Fsp3) is 0.500. The molecule has 0 radical (unpaired) electrons. The van der Waals surface area contributed by atoms with Crippen molar-refractivity contribution in [1.29, 1.82) is 0 Å². The van der Waals surface area contributed by atoms with Gasteiger partial charge in [0.1, 0.15) is 5.82 Å². The lowest BCUT2D eigenvalue weighted by molar-refractivity contribution is 0.784. The van der Waals surface area contributed by atoms with Gasteiger partial charge in [0.15, 0.2) is 5.96 Å². The molecule has 0 bridgehead atoms. The number of rotatable bonds is 6. The van der Waals surface area contributed by atoms with Crippen LogP contribution in [0.3, 0.4) is 0 Å². The van der Waals surface area contributed by atoms with E-state index in [1.54, 1.807) is 19.3 Å². The lowest BCUT2D eigenvalue weighted by Crippen LogP contribution is -2.39. The van der Waals surface area contributed by atoms with E-state index in [9.17, 15) is 0 Å². The van der Waals surface area contributed by atoms with E-state index in [1.807, 2.05) is 0 Å². The van der Waals surface area contributed by atoms with Crippen LogP contribution in [0, 0.1) is 0 Å². The van der Waals surface area contributed by atoms with E-state index in [1.165, 1.54) is 0 Å². The standard InChI is InChI=1S/C12H19Cl2N5.HI/c1-3-4-17-12(15-2)18-6-5-16-11-10(14)7-9(13)8-19-11;/h7-8H,3-6H2,1-2H3,(H,16,19)(H2,15,17,18);1H. The molecule has 0 spiro atoms. The van der Waals surface area contributed by atoms with E-state index in [0.29, 0.717) is 29.0 Å². The SMILES string of the molecule is CCCNC(=NC)NCCNc1ncc(Cl)cc1Cl.I. The van der Waals surface area contributed by atoms with Crippen molar-refractivity contribution in [3.8, 4) is 0 Å². The van der Waals surface area contributed by atoms with Crippen LogP contribution in [0.1, 0.15) is 13.3 Å². The highest BCUT2D eigenvalue weighted by Gasteiger charge is 2.02. The first-order chi connectivity index (χ1) is 9.17. The lowest BCUT2D eigenvalue weighted by Gasteiger charge is -2.12. The van der Waals surface area contributed by atoms with Crippen LogP contribution in [0.4, 0.5) is 5.82 Å². The zero-order valence-electron chi connectivity index (χ0n) is 11.5. The van der Waals surface area contributed by atoms with Crippen LogP contribution >= 0.6 is 47.2 Å². The van der Waals surface area contributed by atoms with Crippen LogP contribution in [-0.2, 0) is 0 Å². The summed E-state index contributed by atoms with van der Waals surface area (Å²) in [6, 6.07) is 1.66. The number of guanidine groups is 1. The van der Waals surface area contributed by atoms with Crippen molar-refractivity contribution in [2.45, 2.75) is 13.3 Å². The Morgan fingerprint density at radius 1 is 1.25 bits per heavy atom. The molecule has 0 amide bonds. The summed E-state index contributed by atoms with van der Waals surface area (Å²) in [5.74, 6) is 1.42. The number of nitrogens with zero attached hydrogens (tertiary/aromatic N) is 2. The Kier molecular flexibility index (Phi) is 11.0. The van der Waals surface area contributed by atoms with Gasteiger partial charge < -0.3 is 16.0 Å². The monoisotopic (exact) mass is 431 g/mol. The first-order valence-electron chi connectivity index (χ1n) is 6.16. The van der Waals surface area contributed by atoms with Crippen LogP contribution in [0.15, 0.2) is 17.3 Å². The molecule has 20 heavy (non-hydrogen) atoms. The molecule has 0 aliphatic rings. The normalized spacial score (nSPS) is 10.7. The van der Waals surface area contributed by atoms with Crippen molar-refractivity contribution in [1.82, 2.24) is 15.6 Å². The number of halogens is 3. The van der Waals surface area contributed by atoms with Gasteiger partial charge in [0.25, 0.3) is 0 Å². The van der Waals surface area contributed by atoms with Crippen LogP contribution in [-0.4, -0.2) is 37.6 Å². The topological polar surface area (TPSA) is 61.3 Å². The number of aromatic nitrogens is 1. The molecular formula is C12H20Cl2IN5. The third kappa shape index (κ3) is 7.35. The summed E-state index contributed by atoms with van der Waals surface area (Å²) in [4.78, 5) is 8.22. The smallest absolute Gasteiger partial charge is 0.191 e. The Balaban J connectivity index is 0.00000361. The molecule has 0 aliphatic heterocycles. The molecule has 1 heterocycles. The molecule has 0 saturated heterocycles. The van der Waals surface area contributed by atoms with Crippen LogP contribution in [0.5, 0.6) is 0 Å². The van der Waals surface area contributed by atoms with Gasteiger partial charge in [0.05, 0.1) is 10.0 Å². The van der Waals surface area contributed by atoms with Crippen LogP contribution < -0.4 is 16.0 Å². The number of aliphatic imine (C=N–C) groups is 1. The van der Waals surface area contributed by atoms with Gasteiger partial charge in [-0.1, -0.05) is 30.1 Å². The molecule has 0 aliphatic carbocycles. The minimum absolute atomic E-state index is 0. The first kappa shape index (κ1) is 19.5. The Labute approximate surface area is 147 Å². The molecule has 1 aromatic rings. The predicted molar refractivity (Wildman–Crippen MR) is 97.8 cm³/mol. The van der Waals surface area contributed by atoms with Crippen LogP contribution in [0.2, 0.25) is 10.0 Å². The second-order valence-electron chi connectivity index (χ2n) is 3.84. The molecule has 3 N–H and O–H groups in total. The van der Waals surface area contributed by atoms with Gasteiger partial charge in [-0.25, -0.2) is 4.98 Å². The molecule has 114 valence electrons. The molecule has 0 unspecified atom stereocenters. The van der Waals surface area contributed by atoms with Crippen molar-refractivity contribution in [2.24, 2.45) is 4.99 Å².